The highest BCUT2D eigenvalue weighted by Gasteiger charge is 2.05. The molecule has 108 valence electrons. The van der Waals surface area contributed by atoms with Gasteiger partial charge < -0.3 is 9.64 Å². The number of unbranched alkanes of at least 4 members (excludes halogenated alkanes) is 1. The van der Waals surface area contributed by atoms with E-state index in [0.717, 1.165) is 44.3 Å². The summed E-state index contributed by atoms with van der Waals surface area (Å²) in [6.07, 6.45) is 2.26. The number of ether oxygens (including phenoxy) is 1. The van der Waals surface area contributed by atoms with Gasteiger partial charge in [0, 0.05) is 12.4 Å². The van der Waals surface area contributed by atoms with Gasteiger partial charge >= 0.3 is 0 Å². The van der Waals surface area contributed by atoms with E-state index in [2.05, 4.69) is 43.9 Å². The van der Waals surface area contributed by atoms with E-state index in [0.29, 0.717) is 0 Å². The summed E-state index contributed by atoms with van der Waals surface area (Å²) in [7, 11) is 0. The van der Waals surface area contributed by atoms with Crippen LogP contribution in [0.5, 0.6) is 5.75 Å². The van der Waals surface area contributed by atoms with Gasteiger partial charge in [0.2, 0.25) is 0 Å². The van der Waals surface area contributed by atoms with Gasteiger partial charge in [-0.3, -0.25) is 0 Å². The molecule has 1 rings (SSSR count). The minimum absolute atomic E-state index is 0.750. The average molecular weight is 284 g/mol. The monoisotopic (exact) mass is 283 g/mol. The molecule has 0 N–H and O–H groups in total. The minimum Gasteiger partial charge on any atom is -0.492 e. The second-order valence-corrected chi connectivity index (χ2v) is 5.28. The van der Waals surface area contributed by atoms with E-state index in [1.165, 1.54) is 17.5 Å². The first-order valence-electron chi connectivity index (χ1n) is 7.16. The van der Waals surface area contributed by atoms with Crippen molar-refractivity contribution in [3.63, 3.8) is 0 Å². The Morgan fingerprint density at radius 1 is 1.11 bits per heavy atom. The second kappa shape index (κ2) is 9.22. The van der Waals surface area contributed by atoms with Gasteiger partial charge in [-0.15, -0.1) is 11.6 Å². The third-order valence-electron chi connectivity index (χ3n) is 3.37. The standard InChI is InChI=1S/C16H26ClNO/c1-4-18(11-6-5-10-17)12-13-19-16-14(2)8-7-9-15(16)3/h7-9H,4-6,10-13H2,1-3H3. The van der Waals surface area contributed by atoms with E-state index in [9.17, 15) is 0 Å². The Kier molecular flexibility index (Phi) is 7.92. The summed E-state index contributed by atoms with van der Waals surface area (Å²) >= 11 is 5.70. The van der Waals surface area contributed by atoms with Crippen LogP contribution in [0.25, 0.3) is 0 Å². The summed E-state index contributed by atoms with van der Waals surface area (Å²) in [6.45, 7) is 10.3. The fourth-order valence-corrected chi connectivity index (χ4v) is 2.35. The third kappa shape index (κ3) is 5.84. The van der Waals surface area contributed by atoms with Gasteiger partial charge in [0.25, 0.3) is 0 Å². The zero-order valence-electron chi connectivity index (χ0n) is 12.4. The fraction of sp³-hybridized carbons (Fsp3) is 0.625. The number of nitrogens with zero attached hydrogens (tertiary/aromatic N) is 1. The van der Waals surface area contributed by atoms with Crippen molar-refractivity contribution >= 4 is 11.6 Å². The van der Waals surface area contributed by atoms with Gasteiger partial charge in [-0.25, -0.2) is 0 Å². The van der Waals surface area contributed by atoms with Crippen LogP contribution in [0, 0.1) is 13.8 Å². The van der Waals surface area contributed by atoms with Crippen LogP contribution in [0.4, 0.5) is 0 Å². The molecule has 0 saturated heterocycles. The number of hydrogen-bond donors (Lipinski definition) is 0. The van der Waals surface area contributed by atoms with Crippen molar-refractivity contribution in [1.82, 2.24) is 4.90 Å². The number of alkyl halides is 1. The molecule has 3 heteroatoms. The van der Waals surface area contributed by atoms with E-state index in [4.69, 9.17) is 16.3 Å². The Morgan fingerprint density at radius 2 is 1.79 bits per heavy atom. The molecule has 0 saturated carbocycles. The molecule has 0 bridgehead atoms. The highest BCUT2D eigenvalue weighted by atomic mass is 35.5. The lowest BCUT2D eigenvalue weighted by Gasteiger charge is -2.21. The molecule has 0 atom stereocenters. The molecule has 2 nitrogen and oxygen atoms in total. The van der Waals surface area contributed by atoms with Crippen molar-refractivity contribution in [2.75, 3.05) is 32.1 Å². The number of para-hydroxylation sites is 1. The largest absolute Gasteiger partial charge is 0.492 e. The maximum absolute atomic E-state index is 5.94. The fourth-order valence-electron chi connectivity index (χ4n) is 2.16. The Balaban J connectivity index is 2.35. The van der Waals surface area contributed by atoms with Crippen LogP contribution in [-0.2, 0) is 0 Å². The van der Waals surface area contributed by atoms with Gasteiger partial charge in [-0.1, -0.05) is 25.1 Å². The highest BCUT2D eigenvalue weighted by molar-refractivity contribution is 6.17. The van der Waals surface area contributed by atoms with Gasteiger partial charge in [-0.2, -0.15) is 0 Å². The number of halogens is 1. The van der Waals surface area contributed by atoms with Gasteiger partial charge in [-0.05, 0) is 50.9 Å². The van der Waals surface area contributed by atoms with Crippen molar-refractivity contribution in [2.45, 2.75) is 33.6 Å². The van der Waals surface area contributed by atoms with Crippen LogP contribution in [0.1, 0.15) is 30.9 Å². The maximum atomic E-state index is 5.94. The predicted octanol–water partition coefficient (Wildman–Crippen LogP) is 4.02. The SMILES string of the molecule is CCN(CCCCCl)CCOc1c(C)cccc1C. The quantitative estimate of drug-likeness (QED) is 0.501. The minimum atomic E-state index is 0.750. The highest BCUT2D eigenvalue weighted by Crippen LogP contribution is 2.22. The Bertz CT molecular complexity index is 348. The predicted molar refractivity (Wildman–Crippen MR) is 83.5 cm³/mol. The molecule has 0 radical (unpaired) electrons. The molecule has 0 unspecified atom stereocenters. The number of aryl methyl sites for hydroxylation is 2. The van der Waals surface area contributed by atoms with Crippen LogP contribution in [0.15, 0.2) is 18.2 Å². The molecule has 0 aliphatic heterocycles. The molecule has 0 amide bonds. The molecular formula is C16H26ClNO. The van der Waals surface area contributed by atoms with Gasteiger partial charge in [0.1, 0.15) is 12.4 Å². The van der Waals surface area contributed by atoms with Crippen molar-refractivity contribution < 1.29 is 4.74 Å². The normalized spacial score (nSPS) is 11.0. The smallest absolute Gasteiger partial charge is 0.125 e. The van der Waals surface area contributed by atoms with Crippen LogP contribution >= 0.6 is 11.6 Å². The molecule has 0 heterocycles. The average Bonchev–Trinajstić information content (AvgIpc) is 2.40. The van der Waals surface area contributed by atoms with Crippen molar-refractivity contribution in [3.8, 4) is 5.75 Å². The second-order valence-electron chi connectivity index (χ2n) is 4.90. The molecule has 1 aromatic carbocycles. The van der Waals surface area contributed by atoms with Crippen LogP contribution < -0.4 is 4.74 Å². The number of hydrogen-bond acceptors (Lipinski definition) is 2. The maximum Gasteiger partial charge on any atom is 0.125 e. The Morgan fingerprint density at radius 3 is 2.37 bits per heavy atom. The summed E-state index contributed by atoms with van der Waals surface area (Å²) in [6, 6.07) is 6.27. The van der Waals surface area contributed by atoms with Crippen molar-refractivity contribution in [1.29, 1.82) is 0 Å². The first-order chi connectivity index (χ1) is 9.19. The van der Waals surface area contributed by atoms with Crippen LogP contribution in [0.2, 0.25) is 0 Å². The van der Waals surface area contributed by atoms with Crippen molar-refractivity contribution in [2.24, 2.45) is 0 Å². The lowest BCUT2D eigenvalue weighted by Crippen LogP contribution is -2.29. The number of rotatable bonds is 9. The first kappa shape index (κ1) is 16.3. The molecule has 0 aliphatic rings. The summed E-state index contributed by atoms with van der Waals surface area (Å²) in [5.74, 6) is 1.80. The summed E-state index contributed by atoms with van der Waals surface area (Å²) in [4.78, 5) is 2.42. The topological polar surface area (TPSA) is 12.5 Å². The Labute approximate surface area is 122 Å². The van der Waals surface area contributed by atoms with Crippen LogP contribution in [0.3, 0.4) is 0 Å². The molecule has 19 heavy (non-hydrogen) atoms. The zero-order valence-corrected chi connectivity index (χ0v) is 13.2. The van der Waals surface area contributed by atoms with E-state index >= 15 is 0 Å². The van der Waals surface area contributed by atoms with E-state index in [1.807, 2.05) is 0 Å². The van der Waals surface area contributed by atoms with E-state index in [-0.39, 0.29) is 0 Å². The summed E-state index contributed by atoms with van der Waals surface area (Å²) < 4.78 is 5.94. The molecular weight excluding hydrogens is 258 g/mol. The number of likely N-dealkylation sites (N-methyl/N-ethyl adjacent to an activating group) is 1. The molecule has 0 aromatic heterocycles. The molecule has 0 aliphatic carbocycles. The Hall–Kier alpha value is -0.730. The third-order valence-corrected chi connectivity index (χ3v) is 3.64. The lowest BCUT2D eigenvalue weighted by atomic mass is 10.1. The van der Waals surface area contributed by atoms with Gasteiger partial charge in [0.05, 0.1) is 0 Å². The van der Waals surface area contributed by atoms with Crippen LogP contribution in [-0.4, -0.2) is 37.0 Å². The first-order valence-corrected chi connectivity index (χ1v) is 7.69. The molecule has 1 aromatic rings. The van der Waals surface area contributed by atoms with Crippen molar-refractivity contribution in [3.05, 3.63) is 29.3 Å². The summed E-state index contributed by atoms with van der Waals surface area (Å²) in [5, 5.41) is 0. The number of benzene rings is 1. The van der Waals surface area contributed by atoms with Gasteiger partial charge in [0.15, 0.2) is 0 Å². The molecule has 0 spiro atoms. The van der Waals surface area contributed by atoms with E-state index < -0.39 is 0 Å². The van der Waals surface area contributed by atoms with E-state index in [1.54, 1.807) is 0 Å². The molecule has 0 fully saturated rings. The lowest BCUT2D eigenvalue weighted by molar-refractivity contribution is 0.212. The zero-order chi connectivity index (χ0) is 14.1. The summed E-state index contributed by atoms with van der Waals surface area (Å²) in [5.41, 5.74) is 2.43.